The second-order valence-corrected chi connectivity index (χ2v) is 11.9. The topological polar surface area (TPSA) is 43.4 Å². The van der Waals surface area contributed by atoms with E-state index in [9.17, 15) is 21.6 Å². The molecule has 0 fully saturated rings. The fourth-order valence-electron chi connectivity index (χ4n) is 3.10. The number of benzene rings is 3. The summed E-state index contributed by atoms with van der Waals surface area (Å²) in [6, 6.07) is 21.0. The third kappa shape index (κ3) is 5.50. The molecule has 0 aliphatic heterocycles. The number of hydrogen-bond acceptors (Lipinski definition) is 3. The maximum atomic E-state index is 13.0. The molecule has 3 rings (SSSR count). The minimum Gasteiger partial charge on any atom is -0.206 e. The minimum absolute atomic E-state index is 0.497. The Morgan fingerprint density at radius 3 is 1.19 bits per heavy atom. The lowest BCUT2D eigenvalue weighted by molar-refractivity contribution is -0.107. The summed E-state index contributed by atoms with van der Waals surface area (Å²) in [5.74, 6) is -2.06. The molecule has 0 aliphatic rings. The predicted molar refractivity (Wildman–Crippen MR) is 117 cm³/mol. The molecule has 0 saturated carbocycles. The summed E-state index contributed by atoms with van der Waals surface area (Å²) < 4.78 is 70.1. The van der Waals surface area contributed by atoms with Crippen LogP contribution in [0.3, 0.4) is 0 Å². The maximum Gasteiger partial charge on any atom is 0.405 e. The molecule has 0 heterocycles. The molecule has 8 heteroatoms. The van der Waals surface area contributed by atoms with E-state index >= 15 is 0 Å². The van der Waals surface area contributed by atoms with Gasteiger partial charge in [-0.05, 0) is 67.5 Å². The molecular weight excluding hydrogens is 445 g/mol. The van der Waals surface area contributed by atoms with Crippen molar-refractivity contribution in [1.82, 2.24) is 0 Å². The van der Waals surface area contributed by atoms with Gasteiger partial charge in [-0.15, -0.1) is 0 Å². The van der Waals surface area contributed by atoms with E-state index < -0.39 is 32.4 Å². The number of aryl methyl sites for hydroxylation is 3. The molecule has 0 N–H and O–H groups in total. The van der Waals surface area contributed by atoms with E-state index in [-0.39, 0.29) is 0 Å². The van der Waals surface area contributed by atoms with Crippen LogP contribution >= 0.6 is 10.3 Å². The number of rotatable bonds is 6. The molecule has 0 radical (unpaired) electrons. The molecular formula is C23H23F3O3S2. The number of hydrogen-bond donors (Lipinski definition) is 0. The second kappa shape index (κ2) is 8.68. The molecule has 3 aromatic rings. The number of alkyl halides is 3. The van der Waals surface area contributed by atoms with Crippen molar-refractivity contribution in [3.63, 3.8) is 0 Å². The van der Waals surface area contributed by atoms with Crippen LogP contribution in [-0.4, -0.2) is 20.3 Å². The second-order valence-electron chi connectivity index (χ2n) is 7.38. The molecule has 0 spiro atoms. The summed E-state index contributed by atoms with van der Waals surface area (Å²) in [4.78, 5) is 1.49. The molecule has 31 heavy (non-hydrogen) atoms. The van der Waals surface area contributed by atoms with Crippen molar-refractivity contribution in [2.45, 2.75) is 41.6 Å². The first-order valence-corrected chi connectivity index (χ1v) is 12.6. The highest BCUT2D eigenvalue weighted by atomic mass is 32.3. The van der Waals surface area contributed by atoms with Gasteiger partial charge in [0.2, 0.25) is 0 Å². The Labute approximate surface area is 182 Å². The Hall–Kier alpha value is -2.29. The summed E-state index contributed by atoms with van der Waals surface area (Å²) in [5, 5.41) is 0. The first kappa shape index (κ1) is 23.4. The Morgan fingerprint density at radius 1 is 0.645 bits per heavy atom. The fourth-order valence-corrected chi connectivity index (χ4v) is 8.25. The minimum atomic E-state index is -4.96. The van der Waals surface area contributed by atoms with Gasteiger partial charge < -0.3 is 0 Å². The number of halogens is 3. The third-order valence-electron chi connectivity index (χ3n) is 4.60. The Morgan fingerprint density at radius 2 is 0.935 bits per heavy atom. The van der Waals surface area contributed by atoms with Gasteiger partial charge in [0.05, 0.1) is 0 Å². The SMILES string of the molecule is Cc1ccc(S(OS(=O)(=O)CC(F)(F)F)(c2ccc(C)cc2)c2ccc(C)cc2)cc1. The monoisotopic (exact) mass is 468 g/mol. The highest BCUT2D eigenvalue weighted by Crippen LogP contribution is 2.70. The standard InChI is InChI=1S/C23H23F3O3S2/c1-17-4-10-20(11-5-17)31(21-12-6-18(2)7-13-21,22-14-8-19(3)9-15-22)29-30(27,28)16-23(24,25)26/h4-15H,16H2,1-3H3. The van der Waals surface area contributed by atoms with E-state index in [1.54, 1.807) is 72.8 Å². The zero-order valence-electron chi connectivity index (χ0n) is 17.3. The molecule has 0 amide bonds. The van der Waals surface area contributed by atoms with Crippen molar-refractivity contribution >= 4 is 20.4 Å². The van der Waals surface area contributed by atoms with Crippen molar-refractivity contribution < 1.29 is 25.2 Å². The van der Waals surface area contributed by atoms with Crippen LogP contribution in [0, 0.1) is 20.8 Å². The van der Waals surface area contributed by atoms with Crippen LogP contribution in [0.4, 0.5) is 13.2 Å². The van der Waals surface area contributed by atoms with E-state index in [2.05, 4.69) is 0 Å². The normalized spacial score (nSPS) is 13.2. The zero-order chi connectivity index (χ0) is 22.9. The first-order chi connectivity index (χ1) is 14.4. The summed E-state index contributed by atoms with van der Waals surface area (Å²) in [6.07, 6.45) is -4.92. The van der Waals surface area contributed by atoms with Crippen LogP contribution in [0.15, 0.2) is 87.5 Å². The highest BCUT2D eigenvalue weighted by Gasteiger charge is 2.43. The van der Waals surface area contributed by atoms with Crippen LogP contribution in [0.2, 0.25) is 0 Å². The molecule has 3 aromatic carbocycles. The summed E-state index contributed by atoms with van der Waals surface area (Å²) in [7, 11) is -7.96. The van der Waals surface area contributed by atoms with E-state index in [0.29, 0.717) is 14.7 Å². The molecule has 0 atom stereocenters. The van der Waals surface area contributed by atoms with Crippen molar-refractivity contribution in [2.75, 3.05) is 5.75 Å². The lowest BCUT2D eigenvalue weighted by atomic mass is 10.2. The Bertz CT molecular complexity index is 1030. The highest BCUT2D eigenvalue weighted by molar-refractivity contribution is 8.33. The molecule has 3 nitrogen and oxygen atoms in total. The zero-order valence-corrected chi connectivity index (χ0v) is 18.9. The van der Waals surface area contributed by atoms with Gasteiger partial charge in [-0.1, -0.05) is 53.1 Å². The van der Waals surface area contributed by atoms with Gasteiger partial charge in [0.1, 0.15) is 0 Å². The first-order valence-electron chi connectivity index (χ1n) is 9.45. The van der Waals surface area contributed by atoms with E-state index in [1.165, 1.54) is 0 Å². The Balaban J connectivity index is 2.33. The van der Waals surface area contributed by atoms with Crippen molar-refractivity contribution in [2.24, 2.45) is 0 Å². The smallest absolute Gasteiger partial charge is 0.206 e. The molecule has 166 valence electrons. The van der Waals surface area contributed by atoms with Crippen LogP contribution in [0.25, 0.3) is 0 Å². The van der Waals surface area contributed by atoms with Gasteiger partial charge in [-0.3, -0.25) is 0 Å². The largest absolute Gasteiger partial charge is 0.405 e. The summed E-state index contributed by atoms with van der Waals surface area (Å²) in [6.45, 7) is 5.62. The van der Waals surface area contributed by atoms with Gasteiger partial charge in [0, 0.05) is 14.7 Å². The van der Waals surface area contributed by atoms with Crippen LogP contribution in [0.5, 0.6) is 0 Å². The molecule has 0 aromatic heterocycles. The fraction of sp³-hybridized carbons (Fsp3) is 0.217. The van der Waals surface area contributed by atoms with Crippen LogP contribution < -0.4 is 0 Å². The summed E-state index contributed by atoms with van der Waals surface area (Å²) in [5.41, 5.74) is 2.80. The summed E-state index contributed by atoms with van der Waals surface area (Å²) >= 11 is 0. The van der Waals surface area contributed by atoms with Crippen molar-refractivity contribution in [3.05, 3.63) is 89.5 Å². The van der Waals surface area contributed by atoms with Gasteiger partial charge in [-0.2, -0.15) is 21.6 Å². The van der Waals surface area contributed by atoms with E-state index in [0.717, 1.165) is 16.7 Å². The third-order valence-corrected chi connectivity index (χ3v) is 9.74. The van der Waals surface area contributed by atoms with Crippen molar-refractivity contribution in [1.29, 1.82) is 0 Å². The molecule has 0 aliphatic carbocycles. The average Bonchev–Trinajstić information content (AvgIpc) is 2.66. The van der Waals surface area contributed by atoms with Gasteiger partial charge in [0.15, 0.2) is 5.75 Å². The van der Waals surface area contributed by atoms with E-state index in [4.69, 9.17) is 3.63 Å². The average molecular weight is 469 g/mol. The van der Waals surface area contributed by atoms with Crippen molar-refractivity contribution in [3.8, 4) is 0 Å². The van der Waals surface area contributed by atoms with Crippen LogP contribution in [-0.2, 0) is 13.7 Å². The predicted octanol–water partition coefficient (Wildman–Crippen LogP) is 6.72. The van der Waals surface area contributed by atoms with Gasteiger partial charge in [0.25, 0.3) is 10.1 Å². The Kier molecular flexibility index (Phi) is 6.55. The lowest BCUT2D eigenvalue weighted by Crippen LogP contribution is -2.26. The molecule has 0 bridgehead atoms. The van der Waals surface area contributed by atoms with Crippen LogP contribution in [0.1, 0.15) is 16.7 Å². The molecule has 0 unspecified atom stereocenters. The van der Waals surface area contributed by atoms with Gasteiger partial charge in [-0.25, -0.2) is 3.63 Å². The van der Waals surface area contributed by atoms with Gasteiger partial charge >= 0.3 is 6.18 Å². The quantitative estimate of drug-likeness (QED) is 0.403. The maximum absolute atomic E-state index is 13.0. The van der Waals surface area contributed by atoms with E-state index in [1.807, 2.05) is 20.8 Å². The molecule has 0 saturated heterocycles. The lowest BCUT2D eigenvalue weighted by Gasteiger charge is -2.39.